The van der Waals surface area contributed by atoms with E-state index in [-0.39, 0.29) is 11.8 Å². The van der Waals surface area contributed by atoms with E-state index >= 15 is 0 Å². The van der Waals surface area contributed by atoms with Crippen molar-refractivity contribution < 1.29 is 0 Å². The zero-order valence-corrected chi connectivity index (χ0v) is 8.27. The molecule has 0 radical (unpaired) electrons. The molecule has 72 valence electrons. The lowest BCUT2D eigenvalue weighted by molar-refractivity contribution is 0.742. The SMILES string of the molecule is C=C(C#N)C1CC(C#N)c2ccccc21. The number of hydrogen-bond donors (Lipinski definition) is 0. The van der Waals surface area contributed by atoms with Gasteiger partial charge in [-0.15, -0.1) is 0 Å². The Hall–Kier alpha value is -2.06. The molecule has 1 aliphatic rings. The van der Waals surface area contributed by atoms with E-state index in [1.54, 1.807) is 0 Å². The Balaban J connectivity index is 2.48. The molecule has 0 N–H and O–H groups in total. The van der Waals surface area contributed by atoms with Gasteiger partial charge in [0.15, 0.2) is 0 Å². The van der Waals surface area contributed by atoms with Crippen LogP contribution in [0.2, 0.25) is 0 Å². The van der Waals surface area contributed by atoms with Crippen molar-refractivity contribution >= 4 is 0 Å². The largest absolute Gasteiger partial charge is 0.198 e. The van der Waals surface area contributed by atoms with E-state index in [1.807, 2.05) is 24.3 Å². The highest BCUT2D eigenvalue weighted by Crippen LogP contribution is 2.44. The van der Waals surface area contributed by atoms with E-state index in [2.05, 4.69) is 18.7 Å². The first-order valence-corrected chi connectivity index (χ1v) is 4.85. The van der Waals surface area contributed by atoms with Gasteiger partial charge in [-0.1, -0.05) is 30.8 Å². The number of rotatable bonds is 1. The third-order valence-electron chi connectivity index (χ3n) is 2.94. The Bertz CT molecular complexity index is 488. The molecule has 0 heterocycles. The van der Waals surface area contributed by atoms with Crippen LogP contribution in [0.25, 0.3) is 0 Å². The molecule has 1 aromatic rings. The number of fused-ring (bicyclic) bond motifs is 1. The normalized spacial score (nSPS) is 22.5. The van der Waals surface area contributed by atoms with Crippen LogP contribution in [0.15, 0.2) is 36.4 Å². The molecule has 0 saturated carbocycles. The third-order valence-corrected chi connectivity index (χ3v) is 2.94. The number of nitriles is 2. The second-order valence-corrected chi connectivity index (χ2v) is 3.74. The van der Waals surface area contributed by atoms with E-state index in [4.69, 9.17) is 10.5 Å². The highest BCUT2D eigenvalue weighted by molar-refractivity contribution is 5.48. The molecule has 2 atom stereocenters. The molecule has 0 saturated heterocycles. The van der Waals surface area contributed by atoms with Crippen molar-refractivity contribution in [1.82, 2.24) is 0 Å². The Morgan fingerprint density at radius 3 is 2.53 bits per heavy atom. The van der Waals surface area contributed by atoms with E-state index < -0.39 is 0 Å². The fourth-order valence-corrected chi connectivity index (χ4v) is 2.17. The van der Waals surface area contributed by atoms with Gasteiger partial charge in [0, 0.05) is 11.5 Å². The van der Waals surface area contributed by atoms with Crippen molar-refractivity contribution in [3.63, 3.8) is 0 Å². The minimum absolute atomic E-state index is 0.0378. The van der Waals surface area contributed by atoms with Gasteiger partial charge in [-0.3, -0.25) is 0 Å². The number of hydrogen-bond acceptors (Lipinski definition) is 2. The zero-order valence-electron chi connectivity index (χ0n) is 8.27. The second-order valence-electron chi connectivity index (χ2n) is 3.74. The molecule has 0 fully saturated rings. The molecule has 0 amide bonds. The lowest BCUT2D eigenvalue weighted by atomic mass is 9.94. The van der Waals surface area contributed by atoms with Crippen molar-refractivity contribution in [3.8, 4) is 12.1 Å². The first-order chi connectivity index (χ1) is 7.27. The minimum Gasteiger partial charge on any atom is -0.198 e. The maximum Gasteiger partial charge on any atom is 0.0947 e. The molecular weight excluding hydrogens is 184 g/mol. The average Bonchev–Trinajstić information content (AvgIpc) is 2.67. The molecule has 0 aliphatic heterocycles. The molecule has 0 bridgehead atoms. The lowest BCUT2D eigenvalue weighted by Gasteiger charge is -2.07. The summed E-state index contributed by atoms with van der Waals surface area (Å²) in [6, 6.07) is 12.2. The summed E-state index contributed by atoms with van der Waals surface area (Å²) in [7, 11) is 0. The lowest BCUT2D eigenvalue weighted by Crippen LogP contribution is -1.94. The predicted molar refractivity (Wildman–Crippen MR) is 56.9 cm³/mol. The van der Waals surface area contributed by atoms with Gasteiger partial charge >= 0.3 is 0 Å². The van der Waals surface area contributed by atoms with Gasteiger partial charge in [0.2, 0.25) is 0 Å². The van der Waals surface area contributed by atoms with E-state index in [9.17, 15) is 0 Å². The van der Waals surface area contributed by atoms with Crippen molar-refractivity contribution in [2.45, 2.75) is 18.3 Å². The summed E-state index contributed by atoms with van der Waals surface area (Å²) < 4.78 is 0. The monoisotopic (exact) mass is 194 g/mol. The van der Waals surface area contributed by atoms with Crippen LogP contribution < -0.4 is 0 Å². The summed E-state index contributed by atoms with van der Waals surface area (Å²) in [5.74, 6) is -0.0489. The smallest absolute Gasteiger partial charge is 0.0947 e. The highest BCUT2D eigenvalue weighted by atomic mass is 14.4. The van der Waals surface area contributed by atoms with Crippen molar-refractivity contribution in [2.75, 3.05) is 0 Å². The van der Waals surface area contributed by atoms with Gasteiger partial charge in [-0.05, 0) is 17.5 Å². The van der Waals surface area contributed by atoms with Gasteiger partial charge in [0.1, 0.15) is 0 Å². The predicted octanol–water partition coefficient (Wildman–Crippen LogP) is 2.86. The molecule has 15 heavy (non-hydrogen) atoms. The summed E-state index contributed by atoms with van der Waals surface area (Å²) in [6.45, 7) is 3.75. The fraction of sp³-hybridized carbons (Fsp3) is 0.231. The van der Waals surface area contributed by atoms with Gasteiger partial charge in [-0.25, -0.2) is 0 Å². The zero-order chi connectivity index (χ0) is 10.8. The standard InChI is InChI=1S/C13H10N2/c1-9(7-14)13-6-10(8-15)11-4-2-3-5-12(11)13/h2-5,10,13H,1,6H2. The molecule has 2 nitrogen and oxygen atoms in total. The van der Waals surface area contributed by atoms with Gasteiger partial charge in [0.05, 0.1) is 18.1 Å². The van der Waals surface area contributed by atoms with Crippen molar-refractivity contribution in [2.24, 2.45) is 0 Å². The van der Waals surface area contributed by atoms with E-state index in [1.165, 1.54) is 0 Å². The molecular formula is C13H10N2. The van der Waals surface area contributed by atoms with Crippen LogP contribution in [0.3, 0.4) is 0 Å². The fourth-order valence-electron chi connectivity index (χ4n) is 2.17. The molecule has 1 aliphatic carbocycles. The van der Waals surface area contributed by atoms with E-state index in [0.717, 1.165) is 11.1 Å². The van der Waals surface area contributed by atoms with Gasteiger partial charge in [-0.2, -0.15) is 10.5 Å². The molecule has 2 rings (SSSR count). The Kier molecular flexibility index (Phi) is 2.27. The topological polar surface area (TPSA) is 47.6 Å². The third kappa shape index (κ3) is 1.41. The van der Waals surface area contributed by atoms with Crippen LogP contribution >= 0.6 is 0 Å². The van der Waals surface area contributed by atoms with Crippen molar-refractivity contribution in [3.05, 3.63) is 47.5 Å². The Morgan fingerprint density at radius 1 is 1.27 bits per heavy atom. The van der Waals surface area contributed by atoms with Gasteiger partial charge in [0.25, 0.3) is 0 Å². The van der Waals surface area contributed by atoms with Crippen LogP contribution in [-0.4, -0.2) is 0 Å². The number of allylic oxidation sites excluding steroid dienone is 1. The maximum atomic E-state index is 9.02. The number of nitrogens with zero attached hydrogens (tertiary/aromatic N) is 2. The molecule has 2 heteroatoms. The summed E-state index contributed by atoms with van der Waals surface area (Å²) in [4.78, 5) is 0. The van der Waals surface area contributed by atoms with Crippen LogP contribution in [0.4, 0.5) is 0 Å². The molecule has 2 unspecified atom stereocenters. The quantitative estimate of drug-likeness (QED) is 0.645. The van der Waals surface area contributed by atoms with E-state index in [0.29, 0.717) is 12.0 Å². The highest BCUT2D eigenvalue weighted by Gasteiger charge is 2.31. The summed E-state index contributed by atoms with van der Waals surface area (Å²) in [5.41, 5.74) is 2.71. The van der Waals surface area contributed by atoms with Crippen LogP contribution in [0.5, 0.6) is 0 Å². The first-order valence-electron chi connectivity index (χ1n) is 4.85. The summed E-state index contributed by atoms with van der Waals surface area (Å²) in [6.07, 6.45) is 0.697. The maximum absolute atomic E-state index is 9.02. The Morgan fingerprint density at radius 2 is 1.93 bits per heavy atom. The van der Waals surface area contributed by atoms with Crippen molar-refractivity contribution in [1.29, 1.82) is 10.5 Å². The average molecular weight is 194 g/mol. The first kappa shape index (κ1) is 9.49. The van der Waals surface area contributed by atoms with Crippen LogP contribution in [-0.2, 0) is 0 Å². The summed E-state index contributed by atoms with van der Waals surface area (Å²) >= 11 is 0. The minimum atomic E-state index is -0.0868. The molecule has 1 aromatic carbocycles. The second kappa shape index (κ2) is 3.59. The van der Waals surface area contributed by atoms with Crippen LogP contribution in [0.1, 0.15) is 29.4 Å². The Labute approximate surface area is 89.1 Å². The molecule has 0 spiro atoms. The number of benzene rings is 1. The van der Waals surface area contributed by atoms with Gasteiger partial charge < -0.3 is 0 Å². The molecule has 0 aromatic heterocycles. The summed E-state index contributed by atoms with van der Waals surface area (Å²) in [5, 5.41) is 17.9. The van der Waals surface area contributed by atoms with Crippen LogP contribution in [0, 0.1) is 22.7 Å².